The van der Waals surface area contributed by atoms with Crippen molar-refractivity contribution in [1.29, 1.82) is 0 Å². The zero-order valence-electron chi connectivity index (χ0n) is 9.79. The third kappa shape index (κ3) is 3.88. The average Bonchev–Trinajstić information content (AvgIpc) is 2.40. The van der Waals surface area contributed by atoms with Crippen LogP contribution in [0.1, 0.15) is 15.9 Å². The van der Waals surface area contributed by atoms with E-state index in [4.69, 9.17) is 0 Å². The zero-order valence-corrected chi connectivity index (χ0v) is 13.0. The van der Waals surface area contributed by atoms with E-state index in [0.29, 0.717) is 11.1 Å². The van der Waals surface area contributed by atoms with Gasteiger partial charge >= 0.3 is 0 Å². The number of carbonyl (C=O) groups is 1. The Morgan fingerprint density at radius 2 is 1.79 bits per heavy atom. The van der Waals surface area contributed by atoms with Crippen LogP contribution in [-0.2, 0) is 6.54 Å². The molecular weight excluding hydrogens is 377 g/mol. The fourth-order valence-corrected chi connectivity index (χ4v) is 2.21. The number of rotatable bonds is 3. The second-order valence-corrected chi connectivity index (χ2v) is 5.70. The van der Waals surface area contributed by atoms with E-state index in [-0.39, 0.29) is 18.3 Å². The van der Waals surface area contributed by atoms with Gasteiger partial charge in [-0.25, -0.2) is 4.39 Å². The Kier molecular flexibility index (Phi) is 4.71. The maximum Gasteiger partial charge on any atom is 0.251 e. The molecule has 2 aromatic rings. The Balaban J connectivity index is 2.04. The van der Waals surface area contributed by atoms with Crippen molar-refractivity contribution in [1.82, 2.24) is 5.32 Å². The summed E-state index contributed by atoms with van der Waals surface area (Å²) in [5.74, 6) is -0.514. The van der Waals surface area contributed by atoms with Crippen molar-refractivity contribution in [3.05, 3.63) is 68.4 Å². The van der Waals surface area contributed by atoms with Gasteiger partial charge in [0, 0.05) is 21.1 Å². The van der Waals surface area contributed by atoms with Gasteiger partial charge in [0.25, 0.3) is 5.91 Å². The second-order valence-electron chi connectivity index (χ2n) is 3.93. The summed E-state index contributed by atoms with van der Waals surface area (Å²) < 4.78 is 14.8. The highest BCUT2D eigenvalue weighted by Crippen LogP contribution is 2.18. The minimum Gasteiger partial charge on any atom is -0.348 e. The van der Waals surface area contributed by atoms with Crippen molar-refractivity contribution in [3.63, 3.8) is 0 Å². The number of amides is 1. The highest BCUT2D eigenvalue weighted by Gasteiger charge is 2.07. The molecule has 0 aliphatic heterocycles. The van der Waals surface area contributed by atoms with Crippen molar-refractivity contribution in [2.45, 2.75) is 6.54 Å². The first-order valence-electron chi connectivity index (χ1n) is 5.54. The van der Waals surface area contributed by atoms with E-state index in [1.165, 1.54) is 12.1 Å². The van der Waals surface area contributed by atoms with Crippen LogP contribution in [0.15, 0.2) is 51.4 Å². The quantitative estimate of drug-likeness (QED) is 0.837. The average molecular weight is 387 g/mol. The monoisotopic (exact) mass is 385 g/mol. The predicted octanol–water partition coefficient (Wildman–Crippen LogP) is 4.28. The number of hydrogen-bond acceptors (Lipinski definition) is 1. The molecule has 98 valence electrons. The van der Waals surface area contributed by atoms with Gasteiger partial charge in [0.1, 0.15) is 5.82 Å². The van der Waals surface area contributed by atoms with E-state index in [0.717, 1.165) is 8.95 Å². The van der Waals surface area contributed by atoms with Crippen molar-refractivity contribution in [3.8, 4) is 0 Å². The Hall–Kier alpha value is -1.20. The molecule has 0 spiro atoms. The summed E-state index contributed by atoms with van der Waals surface area (Å²) in [6.45, 7) is 0.271. The lowest BCUT2D eigenvalue weighted by Crippen LogP contribution is -2.22. The van der Waals surface area contributed by atoms with Gasteiger partial charge in [0.15, 0.2) is 0 Å². The highest BCUT2D eigenvalue weighted by atomic mass is 79.9. The van der Waals surface area contributed by atoms with E-state index in [9.17, 15) is 9.18 Å². The molecule has 2 rings (SSSR count). The molecule has 0 atom stereocenters. The summed E-state index contributed by atoms with van der Waals surface area (Å²) in [5.41, 5.74) is 1.26. The van der Waals surface area contributed by atoms with Gasteiger partial charge in [-0.3, -0.25) is 4.79 Å². The molecule has 0 fully saturated rings. The van der Waals surface area contributed by atoms with Crippen LogP contribution in [0.3, 0.4) is 0 Å². The topological polar surface area (TPSA) is 29.1 Å². The molecule has 0 saturated heterocycles. The molecule has 2 nitrogen and oxygen atoms in total. The van der Waals surface area contributed by atoms with Gasteiger partial charge in [-0.2, -0.15) is 0 Å². The fourth-order valence-electron chi connectivity index (χ4n) is 1.56. The number of benzene rings is 2. The summed E-state index contributed by atoms with van der Waals surface area (Å²) in [6, 6.07) is 11.4. The van der Waals surface area contributed by atoms with E-state index in [1.807, 2.05) is 0 Å². The van der Waals surface area contributed by atoms with Crippen molar-refractivity contribution < 1.29 is 9.18 Å². The molecule has 1 N–H and O–H groups in total. The van der Waals surface area contributed by atoms with Gasteiger partial charge < -0.3 is 5.32 Å². The number of halogens is 3. The van der Waals surface area contributed by atoms with E-state index < -0.39 is 0 Å². The van der Waals surface area contributed by atoms with Gasteiger partial charge in [-0.1, -0.05) is 31.9 Å². The van der Waals surface area contributed by atoms with Gasteiger partial charge in [-0.05, 0) is 48.0 Å². The van der Waals surface area contributed by atoms with Gasteiger partial charge in [-0.15, -0.1) is 0 Å². The third-order valence-corrected chi connectivity index (χ3v) is 3.86. The summed E-state index contributed by atoms with van der Waals surface area (Å²) >= 11 is 6.63. The molecule has 0 radical (unpaired) electrons. The molecule has 0 bridgehead atoms. The van der Waals surface area contributed by atoms with Crippen LogP contribution in [0.25, 0.3) is 0 Å². The summed E-state index contributed by atoms with van der Waals surface area (Å²) in [7, 11) is 0. The van der Waals surface area contributed by atoms with Gasteiger partial charge in [0.05, 0.1) is 0 Å². The number of hydrogen-bond donors (Lipinski definition) is 1. The van der Waals surface area contributed by atoms with Crippen molar-refractivity contribution in [2.24, 2.45) is 0 Å². The molecule has 0 heterocycles. The number of carbonyl (C=O) groups excluding carboxylic acids is 1. The first-order chi connectivity index (χ1) is 9.06. The normalized spacial score (nSPS) is 10.3. The lowest BCUT2D eigenvalue weighted by atomic mass is 10.2. The second kappa shape index (κ2) is 6.30. The molecule has 0 saturated carbocycles. The highest BCUT2D eigenvalue weighted by molar-refractivity contribution is 9.10. The Morgan fingerprint density at radius 1 is 1.11 bits per heavy atom. The van der Waals surface area contributed by atoms with Crippen LogP contribution in [-0.4, -0.2) is 5.91 Å². The first-order valence-corrected chi connectivity index (χ1v) is 7.12. The minimum absolute atomic E-state index is 0.191. The first kappa shape index (κ1) is 14.2. The van der Waals surface area contributed by atoms with Gasteiger partial charge in [0.2, 0.25) is 0 Å². The Labute approximate surface area is 127 Å². The van der Waals surface area contributed by atoms with Crippen LogP contribution in [0.2, 0.25) is 0 Å². The van der Waals surface area contributed by atoms with Crippen LogP contribution in [0, 0.1) is 5.82 Å². The molecule has 19 heavy (non-hydrogen) atoms. The molecule has 1 amide bonds. The minimum atomic E-state index is -0.323. The zero-order chi connectivity index (χ0) is 13.8. The van der Waals surface area contributed by atoms with Crippen molar-refractivity contribution >= 4 is 37.8 Å². The molecule has 0 unspecified atom stereocenters. The lowest BCUT2D eigenvalue weighted by Gasteiger charge is -2.07. The molecule has 0 aliphatic carbocycles. The maximum atomic E-state index is 13.1. The summed E-state index contributed by atoms with van der Waals surface area (Å²) in [4.78, 5) is 11.9. The standard InChI is InChI=1S/C14H10Br2FNO/c15-11-3-1-9(2-4-11)14(19)18-8-10-7-12(17)5-6-13(10)16/h1-7H,8H2,(H,18,19). The maximum absolute atomic E-state index is 13.1. The SMILES string of the molecule is O=C(NCc1cc(F)ccc1Br)c1ccc(Br)cc1. The summed E-state index contributed by atoms with van der Waals surface area (Å²) in [5, 5.41) is 2.75. The smallest absolute Gasteiger partial charge is 0.251 e. The van der Waals surface area contributed by atoms with Crippen molar-refractivity contribution in [2.75, 3.05) is 0 Å². The molecule has 5 heteroatoms. The molecular formula is C14H10Br2FNO. The predicted molar refractivity (Wildman–Crippen MR) is 79.4 cm³/mol. The number of nitrogens with one attached hydrogen (secondary N) is 1. The Bertz CT molecular complexity index is 599. The van der Waals surface area contributed by atoms with E-state index in [1.54, 1.807) is 30.3 Å². The largest absolute Gasteiger partial charge is 0.348 e. The fraction of sp³-hybridized carbons (Fsp3) is 0.0714. The Morgan fingerprint density at radius 3 is 2.47 bits per heavy atom. The van der Waals surface area contributed by atoms with Crippen LogP contribution < -0.4 is 5.32 Å². The van der Waals surface area contributed by atoms with Crippen LogP contribution >= 0.6 is 31.9 Å². The molecule has 0 aromatic heterocycles. The van der Waals surface area contributed by atoms with Crippen LogP contribution in [0.4, 0.5) is 4.39 Å². The van der Waals surface area contributed by atoms with E-state index >= 15 is 0 Å². The van der Waals surface area contributed by atoms with Crippen LogP contribution in [0.5, 0.6) is 0 Å². The lowest BCUT2D eigenvalue weighted by molar-refractivity contribution is 0.0951. The molecule has 0 aliphatic rings. The molecule has 2 aromatic carbocycles. The summed E-state index contributed by atoms with van der Waals surface area (Å²) in [6.07, 6.45) is 0. The van der Waals surface area contributed by atoms with E-state index in [2.05, 4.69) is 37.2 Å². The third-order valence-electron chi connectivity index (χ3n) is 2.55.